The van der Waals surface area contributed by atoms with E-state index in [1.165, 1.54) is 31.2 Å². The van der Waals surface area contributed by atoms with Crippen LogP contribution < -0.4 is 0 Å². The Morgan fingerprint density at radius 3 is 2.65 bits per heavy atom. The summed E-state index contributed by atoms with van der Waals surface area (Å²) in [4.78, 5) is 40.0. The zero-order valence-corrected chi connectivity index (χ0v) is 14.9. The highest BCUT2D eigenvalue weighted by molar-refractivity contribution is 8.18. The van der Waals surface area contributed by atoms with Crippen molar-refractivity contribution in [2.75, 3.05) is 26.3 Å². The number of thioether (sulfide) groups is 1. The fourth-order valence-corrected chi connectivity index (χ4v) is 3.68. The fraction of sp³-hybridized carbons (Fsp3) is 0.353. The Labute approximate surface area is 154 Å². The van der Waals surface area contributed by atoms with Gasteiger partial charge in [-0.1, -0.05) is 12.1 Å². The molecule has 2 heterocycles. The summed E-state index contributed by atoms with van der Waals surface area (Å²) in [7, 11) is 0. The van der Waals surface area contributed by atoms with Crippen molar-refractivity contribution in [2.24, 2.45) is 0 Å². The molecule has 0 radical (unpaired) electrons. The van der Waals surface area contributed by atoms with Gasteiger partial charge in [0, 0.05) is 18.7 Å². The molecule has 1 atom stereocenters. The van der Waals surface area contributed by atoms with Gasteiger partial charge in [-0.2, -0.15) is 0 Å². The van der Waals surface area contributed by atoms with Gasteiger partial charge in [0.15, 0.2) is 11.5 Å². The standard InChI is InChI=1S/C17H18N2O6S/c1-10(15(22)18-5-7-25-8-6-18)19-16(23)13(26-17(19)24)9-11-3-2-4-12(20)14(11)21/h2-4,9-10,20-21H,5-8H2,1H3/b13-9-. The number of aromatic hydroxyl groups is 2. The van der Waals surface area contributed by atoms with Crippen molar-refractivity contribution in [3.8, 4) is 11.5 Å². The average molecular weight is 378 g/mol. The number of benzene rings is 1. The maximum atomic E-state index is 12.6. The number of phenolic OH excluding ortho intramolecular Hbond substituents is 2. The van der Waals surface area contributed by atoms with Crippen LogP contribution in [-0.4, -0.2) is 69.4 Å². The van der Waals surface area contributed by atoms with Crippen LogP contribution in [0.15, 0.2) is 23.1 Å². The van der Waals surface area contributed by atoms with Crippen LogP contribution in [0.5, 0.6) is 11.5 Å². The molecule has 1 aromatic carbocycles. The van der Waals surface area contributed by atoms with Gasteiger partial charge in [0.1, 0.15) is 6.04 Å². The lowest BCUT2D eigenvalue weighted by Crippen LogP contribution is -2.51. The number of hydrogen-bond acceptors (Lipinski definition) is 7. The number of hydrogen-bond donors (Lipinski definition) is 2. The number of rotatable bonds is 3. The zero-order chi connectivity index (χ0) is 18.8. The number of ether oxygens (including phenoxy) is 1. The third-order valence-electron chi connectivity index (χ3n) is 4.22. The lowest BCUT2D eigenvalue weighted by molar-refractivity contribution is -0.143. The molecule has 0 spiro atoms. The molecule has 26 heavy (non-hydrogen) atoms. The largest absolute Gasteiger partial charge is 0.504 e. The first-order chi connectivity index (χ1) is 12.4. The molecule has 2 aliphatic rings. The van der Waals surface area contributed by atoms with Crippen molar-refractivity contribution in [1.82, 2.24) is 9.80 Å². The SMILES string of the molecule is CC(C(=O)N1CCOCC1)N1C(=O)S/C(=C\c2cccc(O)c2O)C1=O. The molecule has 0 aliphatic carbocycles. The van der Waals surface area contributed by atoms with Crippen LogP contribution in [0.4, 0.5) is 4.79 Å². The highest BCUT2D eigenvalue weighted by Crippen LogP contribution is 2.37. The molecule has 2 N–H and O–H groups in total. The van der Waals surface area contributed by atoms with Crippen molar-refractivity contribution in [3.63, 3.8) is 0 Å². The molecule has 9 heteroatoms. The van der Waals surface area contributed by atoms with E-state index < -0.39 is 17.2 Å². The van der Waals surface area contributed by atoms with E-state index in [1.807, 2.05) is 0 Å². The quantitative estimate of drug-likeness (QED) is 0.604. The van der Waals surface area contributed by atoms with Gasteiger partial charge >= 0.3 is 0 Å². The third kappa shape index (κ3) is 3.40. The maximum Gasteiger partial charge on any atom is 0.294 e. The van der Waals surface area contributed by atoms with Gasteiger partial charge in [-0.25, -0.2) is 0 Å². The summed E-state index contributed by atoms with van der Waals surface area (Å²) >= 11 is 0.694. The summed E-state index contributed by atoms with van der Waals surface area (Å²) in [6, 6.07) is 3.40. The van der Waals surface area contributed by atoms with E-state index in [2.05, 4.69) is 0 Å². The van der Waals surface area contributed by atoms with Gasteiger partial charge in [-0.05, 0) is 30.8 Å². The second-order valence-corrected chi connectivity index (χ2v) is 6.87. The summed E-state index contributed by atoms with van der Waals surface area (Å²) in [6.07, 6.45) is 1.33. The molecule has 2 saturated heterocycles. The minimum Gasteiger partial charge on any atom is -0.504 e. The highest BCUT2D eigenvalue weighted by atomic mass is 32.2. The first kappa shape index (κ1) is 18.3. The van der Waals surface area contributed by atoms with Crippen molar-refractivity contribution < 1.29 is 29.3 Å². The third-order valence-corrected chi connectivity index (χ3v) is 5.11. The van der Waals surface area contributed by atoms with E-state index in [0.29, 0.717) is 38.1 Å². The Kier molecular flexibility index (Phi) is 5.19. The summed E-state index contributed by atoms with van der Waals surface area (Å²) in [5, 5.41) is 18.9. The zero-order valence-electron chi connectivity index (χ0n) is 14.0. The Morgan fingerprint density at radius 1 is 1.27 bits per heavy atom. The molecule has 0 aromatic heterocycles. The number of nitrogens with zero attached hydrogens (tertiary/aromatic N) is 2. The minimum absolute atomic E-state index is 0.0810. The van der Waals surface area contributed by atoms with Gasteiger partial charge in [-0.3, -0.25) is 19.3 Å². The second-order valence-electron chi connectivity index (χ2n) is 5.88. The van der Waals surface area contributed by atoms with Crippen molar-refractivity contribution in [1.29, 1.82) is 0 Å². The first-order valence-corrected chi connectivity index (χ1v) is 8.86. The first-order valence-electron chi connectivity index (χ1n) is 8.04. The Hall–Kier alpha value is -2.52. The lowest BCUT2D eigenvalue weighted by Gasteiger charge is -2.31. The number of morpholine rings is 1. The summed E-state index contributed by atoms with van der Waals surface area (Å²) < 4.78 is 5.20. The van der Waals surface area contributed by atoms with Crippen LogP contribution in [-0.2, 0) is 14.3 Å². The monoisotopic (exact) mass is 378 g/mol. The van der Waals surface area contributed by atoms with Crippen LogP contribution in [0.25, 0.3) is 6.08 Å². The molecule has 8 nitrogen and oxygen atoms in total. The molecular formula is C17H18N2O6S. The number of para-hydroxylation sites is 1. The van der Waals surface area contributed by atoms with E-state index in [4.69, 9.17) is 4.74 Å². The van der Waals surface area contributed by atoms with E-state index in [-0.39, 0.29) is 27.9 Å². The topological polar surface area (TPSA) is 107 Å². The molecule has 3 amide bonds. The molecule has 1 unspecified atom stereocenters. The smallest absolute Gasteiger partial charge is 0.294 e. The van der Waals surface area contributed by atoms with E-state index in [1.54, 1.807) is 4.90 Å². The molecule has 1 aromatic rings. The second kappa shape index (κ2) is 7.38. The van der Waals surface area contributed by atoms with Crippen molar-refractivity contribution in [2.45, 2.75) is 13.0 Å². The lowest BCUT2D eigenvalue weighted by atomic mass is 10.1. The summed E-state index contributed by atoms with van der Waals surface area (Å²) in [5.41, 5.74) is 0.211. The van der Waals surface area contributed by atoms with Crippen molar-refractivity contribution in [3.05, 3.63) is 28.7 Å². The maximum absolute atomic E-state index is 12.6. The molecular weight excluding hydrogens is 360 g/mol. The normalized spacial score (nSPS) is 20.7. The van der Waals surface area contributed by atoms with Gasteiger partial charge in [-0.15, -0.1) is 0 Å². The van der Waals surface area contributed by atoms with Crippen LogP contribution >= 0.6 is 11.8 Å². The van der Waals surface area contributed by atoms with Crippen LogP contribution in [0.3, 0.4) is 0 Å². The van der Waals surface area contributed by atoms with Crippen LogP contribution in [0, 0.1) is 0 Å². The Balaban J connectivity index is 1.81. The van der Waals surface area contributed by atoms with Gasteiger partial charge in [0.2, 0.25) is 5.91 Å². The average Bonchev–Trinajstić information content (AvgIpc) is 2.92. The van der Waals surface area contributed by atoms with E-state index in [0.717, 1.165) is 4.90 Å². The van der Waals surface area contributed by atoms with Gasteiger partial charge in [0.25, 0.3) is 11.1 Å². The van der Waals surface area contributed by atoms with Gasteiger partial charge in [0.05, 0.1) is 18.1 Å². The molecule has 3 rings (SSSR count). The Bertz CT molecular complexity index is 787. The predicted octanol–water partition coefficient (Wildman–Crippen LogP) is 1.38. The van der Waals surface area contributed by atoms with E-state index >= 15 is 0 Å². The van der Waals surface area contributed by atoms with Gasteiger partial charge < -0.3 is 19.8 Å². The van der Waals surface area contributed by atoms with Crippen LogP contribution in [0.2, 0.25) is 0 Å². The number of imide groups is 1. The Morgan fingerprint density at radius 2 is 1.96 bits per heavy atom. The molecule has 2 aliphatic heterocycles. The van der Waals surface area contributed by atoms with Crippen LogP contribution in [0.1, 0.15) is 12.5 Å². The molecule has 2 fully saturated rings. The predicted molar refractivity (Wildman–Crippen MR) is 94.4 cm³/mol. The number of carbonyl (C=O) groups excluding carboxylic acids is 3. The highest BCUT2D eigenvalue weighted by Gasteiger charge is 2.42. The number of amides is 3. The summed E-state index contributed by atoms with van der Waals surface area (Å²) in [5.74, 6) is -1.61. The minimum atomic E-state index is -0.927. The molecule has 0 bridgehead atoms. The van der Waals surface area contributed by atoms with Crippen molar-refractivity contribution >= 4 is 34.9 Å². The number of phenols is 2. The fourth-order valence-electron chi connectivity index (χ4n) is 2.78. The summed E-state index contributed by atoms with van der Waals surface area (Å²) in [6.45, 7) is 3.22. The molecule has 0 saturated carbocycles. The van der Waals surface area contributed by atoms with E-state index in [9.17, 15) is 24.6 Å². The molecule has 138 valence electrons. The number of carbonyl (C=O) groups is 3.